The minimum Gasteiger partial charge on any atom is -0.206 e. The zero-order valence-electron chi connectivity index (χ0n) is 6.00. The minimum absolute atomic E-state index is 0.214. The molecule has 0 spiro atoms. The largest absolute Gasteiger partial charge is 0.206 e. The van der Waals surface area contributed by atoms with E-state index in [9.17, 15) is 4.39 Å². The highest BCUT2D eigenvalue weighted by molar-refractivity contribution is 9.08. The fraction of sp³-hybridized carbons (Fsp3) is 0.250. The maximum Gasteiger partial charge on any atom is 0.131 e. The van der Waals surface area contributed by atoms with E-state index in [-0.39, 0.29) is 5.82 Å². The van der Waals surface area contributed by atoms with Crippen LogP contribution < -0.4 is 0 Å². The average Bonchev–Trinajstić information content (AvgIpc) is 1.99. The Morgan fingerprint density at radius 2 is 2.18 bits per heavy atom. The quantitative estimate of drug-likeness (QED) is 0.654. The van der Waals surface area contributed by atoms with E-state index in [0.29, 0.717) is 21.5 Å². The number of halogens is 3. The highest BCUT2D eigenvalue weighted by atomic mass is 79.9. The molecule has 0 atom stereocenters. The number of hydrogen-bond acceptors (Lipinski definition) is 0. The molecule has 0 aliphatic heterocycles. The van der Waals surface area contributed by atoms with E-state index >= 15 is 0 Å². The monoisotopic (exact) mass is 236 g/mol. The summed E-state index contributed by atoms with van der Waals surface area (Å²) in [7, 11) is 0. The smallest absolute Gasteiger partial charge is 0.131 e. The average molecular weight is 237 g/mol. The van der Waals surface area contributed by atoms with Crippen molar-refractivity contribution in [3.63, 3.8) is 0 Å². The van der Waals surface area contributed by atoms with Gasteiger partial charge in [-0.15, -0.1) is 0 Å². The first-order valence-corrected chi connectivity index (χ1v) is 4.66. The van der Waals surface area contributed by atoms with Crippen molar-refractivity contribution >= 4 is 27.5 Å². The molecule has 1 aromatic rings. The highest BCUT2D eigenvalue weighted by Gasteiger charge is 2.07. The van der Waals surface area contributed by atoms with Crippen LogP contribution in [0.5, 0.6) is 0 Å². The molecule has 0 aliphatic carbocycles. The van der Waals surface area contributed by atoms with Gasteiger partial charge >= 0.3 is 0 Å². The third-order valence-corrected chi connectivity index (χ3v) is 2.43. The molecule has 11 heavy (non-hydrogen) atoms. The van der Waals surface area contributed by atoms with Gasteiger partial charge in [0.2, 0.25) is 0 Å². The van der Waals surface area contributed by atoms with E-state index in [1.165, 1.54) is 0 Å². The maximum absolute atomic E-state index is 13.1. The van der Waals surface area contributed by atoms with E-state index in [2.05, 4.69) is 15.9 Å². The Hall–Kier alpha value is -0.0800. The molecule has 0 bridgehead atoms. The lowest BCUT2D eigenvalue weighted by Gasteiger charge is -2.03. The lowest BCUT2D eigenvalue weighted by atomic mass is 10.1. The minimum atomic E-state index is -0.214. The first kappa shape index (κ1) is 9.01. The molecule has 0 saturated carbocycles. The maximum atomic E-state index is 13.1. The third kappa shape index (κ3) is 1.74. The van der Waals surface area contributed by atoms with Crippen molar-refractivity contribution in [1.82, 2.24) is 0 Å². The summed E-state index contributed by atoms with van der Waals surface area (Å²) in [5, 5.41) is 0.935. The van der Waals surface area contributed by atoms with Crippen molar-refractivity contribution in [2.24, 2.45) is 0 Å². The van der Waals surface area contributed by atoms with Crippen LogP contribution in [-0.4, -0.2) is 0 Å². The van der Waals surface area contributed by atoms with Gasteiger partial charge in [0.15, 0.2) is 0 Å². The van der Waals surface area contributed by atoms with E-state index in [1.54, 1.807) is 19.1 Å². The van der Waals surface area contributed by atoms with Crippen LogP contribution in [0.15, 0.2) is 12.1 Å². The van der Waals surface area contributed by atoms with Gasteiger partial charge < -0.3 is 0 Å². The van der Waals surface area contributed by atoms with E-state index in [4.69, 9.17) is 11.6 Å². The summed E-state index contributed by atoms with van der Waals surface area (Å²) in [6, 6.07) is 3.38. The normalized spacial score (nSPS) is 10.2. The highest BCUT2D eigenvalue weighted by Crippen LogP contribution is 2.23. The number of aryl methyl sites for hydroxylation is 1. The Bertz CT molecular complexity index is 273. The molecule has 60 valence electrons. The van der Waals surface area contributed by atoms with E-state index < -0.39 is 0 Å². The van der Waals surface area contributed by atoms with E-state index in [0.717, 1.165) is 0 Å². The molecule has 0 radical (unpaired) electrons. The molecule has 0 saturated heterocycles. The molecule has 0 aromatic heterocycles. The fourth-order valence-corrected chi connectivity index (χ4v) is 1.76. The van der Waals surface area contributed by atoms with Gasteiger partial charge in [0.1, 0.15) is 5.82 Å². The van der Waals surface area contributed by atoms with Crippen LogP contribution in [-0.2, 0) is 5.33 Å². The summed E-state index contributed by atoms with van der Waals surface area (Å²) in [5.41, 5.74) is 1.16. The number of alkyl halides is 1. The summed E-state index contributed by atoms with van der Waals surface area (Å²) < 4.78 is 13.1. The zero-order chi connectivity index (χ0) is 8.43. The summed E-state index contributed by atoms with van der Waals surface area (Å²) in [4.78, 5) is 0. The lowest BCUT2D eigenvalue weighted by Crippen LogP contribution is -1.90. The molecular formula is C8H7BrClF. The van der Waals surface area contributed by atoms with Crippen LogP contribution in [0.4, 0.5) is 4.39 Å². The molecule has 0 fully saturated rings. The second-order valence-corrected chi connectivity index (χ2v) is 3.26. The van der Waals surface area contributed by atoms with Crippen molar-refractivity contribution in [2.45, 2.75) is 12.3 Å². The second-order valence-electron chi connectivity index (χ2n) is 2.29. The first-order chi connectivity index (χ1) is 5.16. The molecule has 1 aromatic carbocycles. The van der Waals surface area contributed by atoms with Gasteiger partial charge in [0.25, 0.3) is 0 Å². The molecule has 0 unspecified atom stereocenters. The SMILES string of the molecule is Cc1ccc(Cl)c(CBr)c1F. The molecule has 0 nitrogen and oxygen atoms in total. The van der Waals surface area contributed by atoms with Crippen LogP contribution in [0.25, 0.3) is 0 Å². The predicted molar refractivity (Wildman–Crippen MR) is 48.8 cm³/mol. The molecule has 1 rings (SSSR count). The van der Waals surface area contributed by atoms with Gasteiger partial charge in [-0.3, -0.25) is 0 Å². The van der Waals surface area contributed by atoms with Crippen molar-refractivity contribution in [3.8, 4) is 0 Å². The molecule has 0 amide bonds. The summed E-state index contributed by atoms with van der Waals surface area (Å²) in [6.07, 6.45) is 0. The Morgan fingerprint density at radius 1 is 1.55 bits per heavy atom. The van der Waals surface area contributed by atoms with Crippen LogP contribution in [0.1, 0.15) is 11.1 Å². The standard InChI is InChI=1S/C8H7BrClF/c1-5-2-3-7(10)6(4-9)8(5)11/h2-3H,4H2,1H3. The summed E-state index contributed by atoms with van der Waals surface area (Å²) >= 11 is 8.90. The third-order valence-electron chi connectivity index (χ3n) is 1.51. The van der Waals surface area contributed by atoms with Crippen LogP contribution in [0.2, 0.25) is 5.02 Å². The van der Waals surface area contributed by atoms with Crippen molar-refractivity contribution in [2.75, 3.05) is 0 Å². The number of rotatable bonds is 1. The number of hydrogen-bond donors (Lipinski definition) is 0. The van der Waals surface area contributed by atoms with E-state index in [1.807, 2.05) is 0 Å². The Labute approximate surface area is 78.5 Å². The van der Waals surface area contributed by atoms with Gasteiger partial charge in [-0.2, -0.15) is 0 Å². The van der Waals surface area contributed by atoms with Crippen molar-refractivity contribution in [1.29, 1.82) is 0 Å². The molecule has 3 heteroatoms. The molecule has 0 N–H and O–H groups in total. The Balaban J connectivity index is 3.29. The van der Waals surface area contributed by atoms with Gasteiger partial charge in [-0.25, -0.2) is 4.39 Å². The second kappa shape index (κ2) is 3.55. The lowest BCUT2D eigenvalue weighted by molar-refractivity contribution is 0.608. The molecular weight excluding hydrogens is 230 g/mol. The Morgan fingerprint density at radius 3 is 2.64 bits per heavy atom. The zero-order valence-corrected chi connectivity index (χ0v) is 8.34. The molecule has 0 aliphatic rings. The topological polar surface area (TPSA) is 0 Å². The Kier molecular flexibility index (Phi) is 2.90. The van der Waals surface area contributed by atoms with Gasteiger partial charge in [0, 0.05) is 15.9 Å². The van der Waals surface area contributed by atoms with Gasteiger partial charge in [-0.05, 0) is 18.6 Å². The van der Waals surface area contributed by atoms with Crippen molar-refractivity contribution in [3.05, 3.63) is 34.1 Å². The number of benzene rings is 1. The van der Waals surface area contributed by atoms with Gasteiger partial charge in [-0.1, -0.05) is 33.6 Å². The fourth-order valence-electron chi connectivity index (χ4n) is 0.837. The van der Waals surface area contributed by atoms with Gasteiger partial charge in [0.05, 0.1) is 0 Å². The predicted octanol–water partition coefficient (Wildman–Crippen LogP) is 3.68. The summed E-state index contributed by atoms with van der Waals surface area (Å²) in [5.74, 6) is -0.214. The van der Waals surface area contributed by atoms with Crippen LogP contribution in [0.3, 0.4) is 0 Å². The van der Waals surface area contributed by atoms with Crippen molar-refractivity contribution < 1.29 is 4.39 Å². The van der Waals surface area contributed by atoms with Crippen LogP contribution in [0, 0.1) is 12.7 Å². The first-order valence-electron chi connectivity index (χ1n) is 3.16. The summed E-state index contributed by atoms with van der Waals surface area (Å²) in [6.45, 7) is 1.72. The molecule has 0 heterocycles. The van der Waals surface area contributed by atoms with Crippen LogP contribution >= 0.6 is 27.5 Å².